The lowest BCUT2D eigenvalue weighted by Crippen LogP contribution is -2.48. The summed E-state index contributed by atoms with van der Waals surface area (Å²) in [6, 6.07) is 0. The van der Waals surface area contributed by atoms with E-state index in [1.807, 2.05) is 20.8 Å². The zero-order valence-corrected chi connectivity index (χ0v) is 13.3. The Hall–Kier alpha value is -1.07. The van der Waals surface area contributed by atoms with Crippen molar-refractivity contribution in [1.29, 1.82) is 0 Å². The minimum Gasteiger partial charge on any atom is -0.494 e. The average molecular weight is 327 g/mol. The number of hydrogen-bond donors (Lipinski definition) is 2. The third-order valence-corrected chi connectivity index (χ3v) is 4.96. The Bertz CT molecular complexity index is 525. The summed E-state index contributed by atoms with van der Waals surface area (Å²) in [7, 11) is 1.63. The maximum absolute atomic E-state index is 12.1. The van der Waals surface area contributed by atoms with Crippen LogP contribution in [0.3, 0.4) is 0 Å². The van der Waals surface area contributed by atoms with Crippen molar-refractivity contribution in [3.05, 3.63) is 21.2 Å². The van der Waals surface area contributed by atoms with Gasteiger partial charge in [-0.05, 0) is 37.5 Å². The van der Waals surface area contributed by atoms with E-state index >= 15 is 0 Å². The van der Waals surface area contributed by atoms with Gasteiger partial charge in [0.05, 0.1) is 18.7 Å². The molecule has 19 heavy (non-hydrogen) atoms. The lowest BCUT2D eigenvalue weighted by Gasteiger charge is -2.27. The van der Waals surface area contributed by atoms with Gasteiger partial charge in [0.2, 0.25) is 5.91 Å². The topological polar surface area (TPSA) is 50.4 Å². The van der Waals surface area contributed by atoms with Crippen molar-refractivity contribution in [1.82, 2.24) is 5.32 Å². The van der Waals surface area contributed by atoms with Crippen LogP contribution >= 0.6 is 15.9 Å². The Kier molecular flexibility index (Phi) is 4.16. The summed E-state index contributed by atoms with van der Waals surface area (Å²) < 4.78 is 6.50. The van der Waals surface area contributed by atoms with Gasteiger partial charge < -0.3 is 15.4 Å². The summed E-state index contributed by atoms with van der Waals surface area (Å²) in [5.41, 5.74) is 3.95. The van der Waals surface area contributed by atoms with E-state index in [1.54, 1.807) is 7.11 Å². The number of benzene rings is 1. The Morgan fingerprint density at radius 2 is 1.89 bits per heavy atom. The van der Waals surface area contributed by atoms with Crippen LogP contribution in [0.15, 0.2) is 4.47 Å². The van der Waals surface area contributed by atoms with Gasteiger partial charge in [0, 0.05) is 17.6 Å². The molecular weight excluding hydrogens is 308 g/mol. The van der Waals surface area contributed by atoms with Crippen molar-refractivity contribution < 1.29 is 9.53 Å². The summed E-state index contributed by atoms with van der Waals surface area (Å²) >= 11 is 3.58. The molecular formula is C14H19BrN2O2. The van der Waals surface area contributed by atoms with Crippen molar-refractivity contribution in [2.24, 2.45) is 5.92 Å². The Morgan fingerprint density at radius 3 is 2.37 bits per heavy atom. The van der Waals surface area contributed by atoms with Crippen LogP contribution in [0, 0.1) is 26.7 Å². The maximum Gasteiger partial charge on any atom is 0.230 e. The Balaban J connectivity index is 2.40. The van der Waals surface area contributed by atoms with Crippen molar-refractivity contribution >= 4 is 27.5 Å². The highest BCUT2D eigenvalue weighted by Gasteiger charge is 2.27. The first-order chi connectivity index (χ1) is 8.97. The van der Waals surface area contributed by atoms with Crippen LogP contribution in [-0.2, 0) is 4.79 Å². The average Bonchev–Trinajstić information content (AvgIpc) is 2.31. The fourth-order valence-electron chi connectivity index (χ4n) is 2.19. The first kappa shape index (κ1) is 14.3. The van der Waals surface area contributed by atoms with Crippen LogP contribution in [0.2, 0.25) is 0 Å². The number of rotatable bonds is 3. The minimum absolute atomic E-state index is 0.0512. The molecule has 0 saturated carbocycles. The predicted molar refractivity (Wildman–Crippen MR) is 79.9 cm³/mol. The number of ether oxygens (including phenoxy) is 1. The highest BCUT2D eigenvalue weighted by molar-refractivity contribution is 9.10. The van der Waals surface area contributed by atoms with Crippen LogP contribution < -0.4 is 15.4 Å². The third kappa shape index (κ3) is 2.49. The van der Waals surface area contributed by atoms with E-state index in [0.29, 0.717) is 0 Å². The highest BCUT2D eigenvalue weighted by atomic mass is 79.9. The molecule has 1 aliphatic heterocycles. The quantitative estimate of drug-likeness (QED) is 0.897. The Labute approximate surface area is 122 Å². The molecule has 1 heterocycles. The molecule has 0 radical (unpaired) electrons. The SMILES string of the molecule is COc1c(C)c(C)c(Br)c(C)c1NC(=O)C1CNC1. The molecule has 1 amide bonds. The van der Waals surface area contributed by atoms with Gasteiger partial charge in [-0.3, -0.25) is 4.79 Å². The predicted octanol–water partition coefficient (Wildman–Crippen LogP) is 2.54. The van der Waals surface area contributed by atoms with Crippen molar-refractivity contribution in [3.8, 4) is 5.75 Å². The summed E-state index contributed by atoms with van der Waals surface area (Å²) in [6.07, 6.45) is 0. The normalized spacial score (nSPS) is 15.0. The van der Waals surface area contributed by atoms with E-state index in [2.05, 4.69) is 26.6 Å². The van der Waals surface area contributed by atoms with Crippen LogP contribution in [-0.4, -0.2) is 26.1 Å². The van der Waals surface area contributed by atoms with Crippen LogP contribution in [0.25, 0.3) is 0 Å². The van der Waals surface area contributed by atoms with E-state index in [1.165, 1.54) is 0 Å². The molecule has 0 spiro atoms. The molecule has 2 rings (SSSR count). The van der Waals surface area contributed by atoms with Crippen molar-refractivity contribution in [3.63, 3.8) is 0 Å². The molecule has 1 aromatic carbocycles. The minimum atomic E-state index is 0.0512. The van der Waals surface area contributed by atoms with Gasteiger partial charge in [0.25, 0.3) is 0 Å². The molecule has 4 nitrogen and oxygen atoms in total. The molecule has 1 fully saturated rings. The summed E-state index contributed by atoms with van der Waals surface area (Å²) in [5.74, 6) is 0.860. The van der Waals surface area contributed by atoms with Gasteiger partial charge >= 0.3 is 0 Å². The molecule has 2 N–H and O–H groups in total. The molecule has 0 atom stereocenters. The largest absolute Gasteiger partial charge is 0.494 e. The number of nitrogens with one attached hydrogen (secondary N) is 2. The maximum atomic E-state index is 12.1. The van der Waals surface area contributed by atoms with Gasteiger partial charge in [-0.1, -0.05) is 15.9 Å². The van der Waals surface area contributed by atoms with Gasteiger partial charge in [-0.2, -0.15) is 0 Å². The monoisotopic (exact) mass is 326 g/mol. The van der Waals surface area contributed by atoms with Gasteiger partial charge in [0.1, 0.15) is 5.75 Å². The first-order valence-electron chi connectivity index (χ1n) is 6.32. The number of hydrogen-bond acceptors (Lipinski definition) is 3. The smallest absolute Gasteiger partial charge is 0.230 e. The van der Waals surface area contributed by atoms with Crippen LogP contribution in [0.4, 0.5) is 5.69 Å². The zero-order valence-electron chi connectivity index (χ0n) is 11.7. The molecule has 0 bridgehead atoms. The summed E-state index contributed by atoms with van der Waals surface area (Å²) in [6.45, 7) is 7.52. The van der Waals surface area contributed by atoms with Gasteiger partial charge in [0.15, 0.2) is 0 Å². The van der Waals surface area contributed by atoms with E-state index in [9.17, 15) is 4.79 Å². The molecule has 104 valence electrons. The molecule has 1 aromatic rings. The second-order valence-electron chi connectivity index (χ2n) is 4.94. The number of methoxy groups -OCH3 is 1. The fourth-order valence-corrected chi connectivity index (χ4v) is 2.68. The Morgan fingerprint density at radius 1 is 1.26 bits per heavy atom. The second-order valence-corrected chi connectivity index (χ2v) is 5.73. The van der Waals surface area contributed by atoms with E-state index in [4.69, 9.17) is 4.74 Å². The fraction of sp³-hybridized carbons (Fsp3) is 0.500. The van der Waals surface area contributed by atoms with E-state index < -0.39 is 0 Å². The number of amides is 1. The standard InChI is InChI=1S/C14H19BrN2O2/c1-7-8(2)13(19-4)12(9(3)11(7)15)17-14(18)10-5-16-6-10/h10,16H,5-6H2,1-4H3,(H,17,18). The van der Waals surface area contributed by atoms with Crippen molar-refractivity contribution in [2.45, 2.75) is 20.8 Å². The molecule has 0 aliphatic carbocycles. The zero-order chi connectivity index (χ0) is 14.2. The molecule has 0 aromatic heterocycles. The highest BCUT2D eigenvalue weighted by Crippen LogP contribution is 2.40. The number of anilines is 1. The van der Waals surface area contributed by atoms with Crippen LogP contribution in [0.1, 0.15) is 16.7 Å². The van der Waals surface area contributed by atoms with E-state index in [-0.39, 0.29) is 11.8 Å². The molecule has 5 heteroatoms. The van der Waals surface area contributed by atoms with Gasteiger partial charge in [-0.25, -0.2) is 0 Å². The lowest BCUT2D eigenvalue weighted by molar-refractivity contribution is -0.121. The van der Waals surface area contributed by atoms with Gasteiger partial charge in [-0.15, -0.1) is 0 Å². The van der Waals surface area contributed by atoms with Crippen molar-refractivity contribution in [2.75, 3.05) is 25.5 Å². The van der Waals surface area contributed by atoms with Crippen LogP contribution in [0.5, 0.6) is 5.75 Å². The third-order valence-electron chi connectivity index (χ3n) is 3.77. The number of carbonyl (C=O) groups excluding carboxylic acids is 1. The lowest BCUT2D eigenvalue weighted by atomic mass is 10.00. The molecule has 0 unspecified atom stereocenters. The number of halogens is 1. The first-order valence-corrected chi connectivity index (χ1v) is 7.11. The number of carbonyl (C=O) groups is 1. The second kappa shape index (κ2) is 5.51. The molecule has 1 aliphatic rings. The summed E-state index contributed by atoms with van der Waals surface area (Å²) in [4.78, 5) is 12.1. The molecule has 1 saturated heterocycles. The summed E-state index contributed by atoms with van der Waals surface area (Å²) in [5, 5.41) is 6.11. The van der Waals surface area contributed by atoms with E-state index in [0.717, 1.165) is 45.7 Å².